The number of hydrogen-bond donors (Lipinski definition) is 1. The van der Waals surface area contributed by atoms with Crippen LogP contribution in [0.2, 0.25) is 0 Å². The quantitative estimate of drug-likeness (QED) is 0.469. The second kappa shape index (κ2) is 10.8. The summed E-state index contributed by atoms with van der Waals surface area (Å²) in [6, 6.07) is 9.10. The minimum absolute atomic E-state index is 0.0228. The average Bonchev–Trinajstić information content (AvgIpc) is 3.29. The van der Waals surface area contributed by atoms with Crippen LogP contribution in [0.4, 0.5) is 10.7 Å². The molecule has 1 aliphatic heterocycles. The Balaban J connectivity index is 1.73. The summed E-state index contributed by atoms with van der Waals surface area (Å²) in [6.45, 7) is 5.67. The third kappa shape index (κ3) is 5.79. The van der Waals surface area contributed by atoms with Gasteiger partial charge in [-0.1, -0.05) is 30.3 Å². The number of ether oxygens (including phenoxy) is 3. The molecule has 1 N–H and O–H groups in total. The van der Waals surface area contributed by atoms with E-state index in [0.29, 0.717) is 30.8 Å². The number of amides is 1. The van der Waals surface area contributed by atoms with E-state index in [2.05, 4.69) is 24.9 Å². The number of aromatic nitrogens is 5. The van der Waals surface area contributed by atoms with Crippen molar-refractivity contribution in [3.8, 4) is 28.8 Å². The van der Waals surface area contributed by atoms with Crippen LogP contribution in [0.5, 0.6) is 11.8 Å². The van der Waals surface area contributed by atoms with Gasteiger partial charge < -0.3 is 19.1 Å². The van der Waals surface area contributed by atoms with Gasteiger partial charge in [0.15, 0.2) is 11.5 Å². The lowest BCUT2D eigenvalue weighted by atomic mass is 10.1. The molecule has 4 rings (SSSR count). The Labute approximate surface area is 221 Å². The summed E-state index contributed by atoms with van der Waals surface area (Å²) < 4.78 is 47.5. The van der Waals surface area contributed by atoms with Crippen molar-refractivity contribution in [1.29, 1.82) is 0 Å². The molecule has 1 aromatic carbocycles. The van der Waals surface area contributed by atoms with E-state index in [-0.39, 0.29) is 29.9 Å². The van der Waals surface area contributed by atoms with Gasteiger partial charge in [0.05, 0.1) is 19.5 Å². The number of rotatable bonds is 7. The normalized spacial score (nSPS) is 16.1. The van der Waals surface area contributed by atoms with Gasteiger partial charge in [-0.3, -0.25) is 9.29 Å². The minimum atomic E-state index is -4.03. The molecule has 1 aliphatic rings. The molecule has 0 radical (unpaired) electrons. The second-order valence-corrected chi connectivity index (χ2v) is 11.6. The van der Waals surface area contributed by atoms with Gasteiger partial charge >= 0.3 is 6.09 Å². The zero-order valence-electron chi connectivity index (χ0n) is 21.9. The second-order valence-electron chi connectivity index (χ2n) is 9.63. The maximum atomic E-state index is 13.6. The molecule has 14 heteroatoms. The molecule has 1 atom stereocenters. The molecule has 204 valence electrons. The number of piperidine rings is 1. The fraction of sp³-hybridized carbons (Fsp3) is 0.458. The molecule has 0 unspecified atom stereocenters. The number of nitrogens with one attached hydrogen (secondary N) is 1. The van der Waals surface area contributed by atoms with Crippen molar-refractivity contribution in [1.82, 2.24) is 29.6 Å². The van der Waals surface area contributed by atoms with Gasteiger partial charge in [-0.2, -0.15) is 9.97 Å². The van der Waals surface area contributed by atoms with Crippen LogP contribution in [0.3, 0.4) is 0 Å². The number of carbonyl (C=O) groups excluding carboxylic acids is 1. The number of sulfonamides is 1. The first-order valence-corrected chi connectivity index (χ1v) is 13.5. The van der Waals surface area contributed by atoms with Gasteiger partial charge in [0, 0.05) is 18.7 Å². The van der Waals surface area contributed by atoms with E-state index in [4.69, 9.17) is 14.2 Å². The number of likely N-dealkylation sites (tertiary alicyclic amines) is 1. The number of carbonyl (C=O) groups is 1. The van der Waals surface area contributed by atoms with Crippen LogP contribution in [0.25, 0.3) is 17.1 Å². The molecule has 3 aromatic rings. The molecule has 0 spiro atoms. The van der Waals surface area contributed by atoms with Gasteiger partial charge in [-0.15, -0.1) is 10.2 Å². The van der Waals surface area contributed by atoms with E-state index in [9.17, 15) is 13.2 Å². The third-order valence-corrected chi connectivity index (χ3v) is 7.49. The highest BCUT2D eigenvalue weighted by atomic mass is 32.2. The third-order valence-electron chi connectivity index (χ3n) is 5.76. The maximum Gasteiger partial charge on any atom is 0.410 e. The lowest BCUT2D eigenvalue weighted by Crippen LogP contribution is -2.48. The summed E-state index contributed by atoms with van der Waals surface area (Å²) in [7, 11) is -1.18. The fourth-order valence-corrected chi connectivity index (χ4v) is 5.47. The molecule has 2 aromatic heterocycles. The largest absolute Gasteiger partial charge is 0.479 e. The first-order chi connectivity index (χ1) is 18.0. The van der Waals surface area contributed by atoms with Crippen LogP contribution in [-0.2, 0) is 14.8 Å². The van der Waals surface area contributed by atoms with Crippen molar-refractivity contribution in [3.05, 3.63) is 36.7 Å². The van der Waals surface area contributed by atoms with Crippen LogP contribution < -0.4 is 14.2 Å². The number of benzene rings is 1. The number of methoxy groups -OCH3 is 2. The van der Waals surface area contributed by atoms with E-state index in [1.165, 1.54) is 30.0 Å². The zero-order valence-corrected chi connectivity index (χ0v) is 22.7. The van der Waals surface area contributed by atoms with E-state index >= 15 is 0 Å². The van der Waals surface area contributed by atoms with Crippen LogP contribution in [0, 0.1) is 0 Å². The van der Waals surface area contributed by atoms with Crippen molar-refractivity contribution in [3.63, 3.8) is 0 Å². The summed E-state index contributed by atoms with van der Waals surface area (Å²) in [5.74, 6) is 0.462. The molecular weight excluding hydrogens is 514 g/mol. The van der Waals surface area contributed by atoms with E-state index in [1.807, 2.05) is 18.2 Å². The zero-order chi connectivity index (χ0) is 27.5. The summed E-state index contributed by atoms with van der Waals surface area (Å²) in [4.78, 5) is 22.3. The SMILES string of the molecule is COc1ncnc(OC)c1-n1c(NS(=O)(=O)[C@@H]2CCCN(C(=O)OC(C)(C)C)C2)nnc1-c1ccccc1. The summed E-state index contributed by atoms with van der Waals surface area (Å²) >= 11 is 0. The van der Waals surface area contributed by atoms with Gasteiger partial charge in [0.2, 0.25) is 27.7 Å². The highest BCUT2D eigenvalue weighted by Gasteiger charge is 2.36. The Bertz CT molecular complexity index is 1370. The Morgan fingerprint density at radius 1 is 1.05 bits per heavy atom. The van der Waals surface area contributed by atoms with Crippen molar-refractivity contribution in [2.45, 2.75) is 44.5 Å². The lowest BCUT2D eigenvalue weighted by molar-refractivity contribution is 0.0219. The van der Waals surface area contributed by atoms with Crippen molar-refractivity contribution >= 4 is 22.1 Å². The first-order valence-electron chi connectivity index (χ1n) is 12.0. The summed E-state index contributed by atoms with van der Waals surface area (Å²) in [5.41, 5.74) is 0.187. The predicted molar refractivity (Wildman–Crippen MR) is 139 cm³/mol. The number of nitrogens with zero attached hydrogens (tertiary/aromatic N) is 6. The standard InChI is InChI=1S/C24H31N7O6S/c1-24(2,3)37-23(32)30-13-9-12-17(14-30)38(33,34)29-22-28-27-19(16-10-7-6-8-11-16)31(22)18-20(35-4)25-15-26-21(18)36-5/h6-8,10-11,15,17H,9,12-14H2,1-5H3,(H,28,29)/t17-/m1/s1. The molecular formula is C24H31N7O6S. The predicted octanol–water partition coefficient (Wildman–Crippen LogP) is 2.88. The summed E-state index contributed by atoms with van der Waals surface area (Å²) in [6.07, 6.45) is 1.57. The van der Waals surface area contributed by atoms with Gasteiger partial charge in [0.1, 0.15) is 11.9 Å². The summed E-state index contributed by atoms with van der Waals surface area (Å²) in [5, 5.41) is 7.52. The number of hydrogen-bond acceptors (Lipinski definition) is 10. The monoisotopic (exact) mass is 545 g/mol. The van der Waals surface area contributed by atoms with Crippen LogP contribution in [-0.4, -0.2) is 82.3 Å². The Kier molecular flexibility index (Phi) is 7.71. The van der Waals surface area contributed by atoms with Crippen LogP contribution in [0.1, 0.15) is 33.6 Å². The van der Waals surface area contributed by atoms with Crippen molar-refractivity contribution in [2.24, 2.45) is 0 Å². The first kappa shape index (κ1) is 27.1. The van der Waals surface area contributed by atoms with Crippen molar-refractivity contribution in [2.75, 3.05) is 32.0 Å². The van der Waals surface area contributed by atoms with Crippen molar-refractivity contribution < 1.29 is 27.4 Å². The Hall–Kier alpha value is -3.94. The molecule has 1 fully saturated rings. The molecule has 1 saturated heterocycles. The molecule has 1 amide bonds. The molecule has 0 bridgehead atoms. The minimum Gasteiger partial charge on any atom is -0.479 e. The molecule has 0 aliphatic carbocycles. The Morgan fingerprint density at radius 2 is 1.71 bits per heavy atom. The highest BCUT2D eigenvalue weighted by molar-refractivity contribution is 7.93. The fourth-order valence-electron chi connectivity index (χ4n) is 4.07. The molecule has 0 saturated carbocycles. The molecule has 38 heavy (non-hydrogen) atoms. The number of anilines is 1. The lowest BCUT2D eigenvalue weighted by Gasteiger charge is -2.33. The Morgan fingerprint density at radius 3 is 2.32 bits per heavy atom. The van der Waals surface area contributed by atoms with Gasteiger partial charge in [-0.25, -0.2) is 13.2 Å². The van der Waals surface area contributed by atoms with E-state index in [1.54, 1.807) is 32.9 Å². The maximum absolute atomic E-state index is 13.6. The van der Waals surface area contributed by atoms with Crippen LogP contribution >= 0.6 is 0 Å². The van der Waals surface area contributed by atoms with Gasteiger partial charge in [0.25, 0.3) is 0 Å². The molecule has 3 heterocycles. The molecule has 13 nitrogen and oxygen atoms in total. The smallest absolute Gasteiger partial charge is 0.410 e. The van der Waals surface area contributed by atoms with Gasteiger partial charge in [-0.05, 0) is 33.6 Å². The topological polar surface area (TPSA) is 151 Å². The van der Waals surface area contributed by atoms with E-state index < -0.39 is 27.0 Å². The average molecular weight is 546 g/mol. The highest BCUT2D eigenvalue weighted by Crippen LogP contribution is 2.35. The van der Waals surface area contributed by atoms with E-state index in [0.717, 1.165) is 0 Å². The van der Waals surface area contributed by atoms with Crippen LogP contribution in [0.15, 0.2) is 36.7 Å².